The van der Waals surface area contributed by atoms with Crippen molar-refractivity contribution in [2.45, 2.75) is 89.0 Å². The molecule has 1 aromatic rings. The molecule has 0 radical (unpaired) electrons. The van der Waals surface area contributed by atoms with Crippen molar-refractivity contribution in [3.8, 4) is 0 Å². The Labute approximate surface area is 187 Å². The van der Waals surface area contributed by atoms with E-state index in [0.717, 1.165) is 36.1 Å². The van der Waals surface area contributed by atoms with Gasteiger partial charge in [0, 0.05) is 30.6 Å². The molecule has 0 unspecified atom stereocenters. The van der Waals surface area contributed by atoms with Gasteiger partial charge in [-0.15, -0.1) is 0 Å². The lowest BCUT2D eigenvalue weighted by molar-refractivity contribution is -0.138. The van der Waals surface area contributed by atoms with Crippen LogP contribution >= 0.6 is 11.6 Å². The molecular weight excluding hydrogens is 394 g/mol. The van der Waals surface area contributed by atoms with Crippen LogP contribution < -0.4 is 0 Å². The first-order chi connectivity index (χ1) is 14.6. The van der Waals surface area contributed by atoms with Gasteiger partial charge in [-0.05, 0) is 86.3 Å². The van der Waals surface area contributed by atoms with Crippen LogP contribution in [0.1, 0.15) is 88.5 Å². The zero-order valence-electron chi connectivity index (χ0n) is 18.3. The lowest BCUT2D eigenvalue weighted by atomic mass is 9.72. The number of carboxylic acids is 1. The molecule has 0 heterocycles. The first-order valence-electron chi connectivity index (χ1n) is 12.3. The highest BCUT2D eigenvalue weighted by Crippen LogP contribution is 2.42. The van der Waals surface area contributed by atoms with Crippen LogP contribution in [0.2, 0.25) is 5.02 Å². The number of carbonyl (C=O) groups is 1. The van der Waals surface area contributed by atoms with Gasteiger partial charge < -0.3 is 5.11 Å². The highest BCUT2D eigenvalue weighted by Gasteiger charge is 2.37. The third-order valence-corrected chi connectivity index (χ3v) is 8.34. The van der Waals surface area contributed by atoms with Gasteiger partial charge in [-0.2, -0.15) is 0 Å². The molecule has 0 spiro atoms. The first-order valence-corrected chi connectivity index (χ1v) is 12.7. The quantitative estimate of drug-likeness (QED) is 0.494. The Morgan fingerprint density at radius 3 is 1.97 bits per heavy atom. The maximum Gasteiger partial charge on any atom is 0.303 e. The molecule has 0 amide bonds. The molecule has 1 N–H and O–H groups in total. The molecule has 0 bridgehead atoms. The zero-order chi connectivity index (χ0) is 20.9. The van der Waals surface area contributed by atoms with E-state index in [2.05, 4.69) is 17.0 Å². The van der Waals surface area contributed by atoms with Crippen LogP contribution in [-0.4, -0.2) is 35.1 Å². The van der Waals surface area contributed by atoms with Crippen molar-refractivity contribution in [1.82, 2.24) is 4.90 Å². The average molecular weight is 432 g/mol. The van der Waals surface area contributed by atoms with E-state index in [4.69, 9.17) is 11.6 Å². The highest BCUT2D eigenvalue weighted by atomic mass is 35.5. The second-order valence-electron chi connectivity index (χ2n) is 10.3. The number of aliphatic carboxylic acids is 1. The van der Waals surface area contributed by atoms with Crippen molar-refractivity contribution in [2.75, 3.05) is 13.1 Å². The van der Waals surface area contributed by atoms with E-state index < -0.39 is 5.97 Å². The Morgan fingerprint density at radius 1 is 0.867 bits per heavy atom. The number of nitrogens with zero attached hydrogens (tertiary/aromatic N) is 1. The van der Waals surface area contributed by atoms with Crippen LogP contribution in [0.25, 0.3) is 0 Å². The van der Waals surface area contributed by atoms with E-state index in [1.807, 2.05) is 12.1 Å². The van der Waals surface area contributed by atoms with Gasteiger partial charge in [0.15, 0.2) is 0 Å². The lowest BCUT2D eigenvalue weighted by Gasteiger charge is -2.44. The van der Waals surface area contributed by atoms with E-state index in [1.54, 1.807) is 0 Å². The summed E-state index contributed by atoms with van der Waals surface area (Å²) in [5.41, 5.74) is 1.35. The van der Waals surface area contributed by atoms with Crippen molar-refractivity contribution < 1.29 is 9.90 Å². The summed E-state index contributed by atoms with van der Waals surface area (Å²) in [4.78, 5) is 14.3. The molecule has 4 heteroatoms. The monoisotopic (exact) mass is 431 g/mol. The maximum absolute atomic E-state index is 11.4. The fraction of sp³-hybridized carbons (Fsp3) is 0.731. The largest absolute Gasteiger partial charge is 0.481 e. The Kier molecular flexibility index (Phi) is 7.75. The van der Waals surface area contributed by atoms with Gasteiger partial charge in [0.2, 0.25) is 0 Å². The Hall–Kier alpha value is -1.06. The van der Waals surface area contributed by atoms with Crippen molar-refractivity contribution in [1.29, 1.82) is 0 Å². The van der Waals surface area contributed by atoms with Gasteiger partial charge in [0.25, 0.3) is 0 Å². The fourth-order valence-electron chi connectivity index (χ4n) is 6.57. The van der Waals surface area contributed by atoms with E-state index in [1.165, 1.54) is 70.0 Å². The van der Waals surface area contributed by atoms with Crippen molar-refractivity contribution in [2.24, 2.45) is 17.8 Å². The summed E-state index contributed by atoms with van der Waals surface area (Å²) in [7, 11) is 0. The van der Waals surface area contributed by atoms with Crippen LogP contribution in [0.4, 0.5) is 0 Å². The molecule has 3 aliphatic carbocycles. The van der Waals surface area contributed by atoms with Gasteiger partial charge in [0.1, 0.15) is 0 Å². The van der Waals surface area contributed by atoms with Crippen LogP contribution in [0.3, 0.4) is 0 Å². The normalized spacial score (nSPS) is 28.4. The van der Waals surface area contributed by atoms with Crippen molar-refractivity contribution >= 4 is 17.6 Å². The number of rotatable bonds is 8. The molecule has 0 aromatic heterocycles. The number of carboxylic acid groups (broad SMARTS) is 1. The van der Waals surface area contributed by atoms with Crippen LogP contribution in [0.5, 0.6) is 0 Å². The zero-order valence-corrected chi connectivity index (χ0v) is 19.0. The van der Waals surface area contributed by atoms with Crippen LogP contribution in [0.15, 0.2) is 24.3 Å². The van der Waals surface area contributed by atoms with E-state index in [-0.39, 0.29) is 0 Å². The summed E-state index contributed by atoms with van der Waals surface area (Å²) in [5, 5.41) is 10.2. The standard InChI is InChI=1S/C26H38ClNO2/c27-23-12-10-22(11-13-23)24-15-21(16-26(29)30)9-14-25(24)28(17-19-5-1-2-6-19)18-20-7-3-4-8-20/h10-13,19-21,24-25H,1-9,14-18H2,(H,29,30)/t21-,24+,25-/m1/s1. The fourth-order valence-corrected chi connectivity index (χ4v) is 6.70. The number of benzene rings is 1. The van der Waals surface area contributed by atoms with Gasteiger partial charge in [-0.3, -0.25) is 9.69 Å². The molecule has 3 aliphatic rings. The smallest absolute Gasteiger partial charge is 0.303 e. The molecule has 3 fully saturated rings. The SMILES string of the molecule is O=C(O)C[C@@H]1CC[C@@H](N(CC2CCCC2)CC2CCCC2)[C@H](c2ccc(Cl)cc2)C1. The second-order valence-corrected chi connectivity index (χ2v) is 10.7. The Balaban J connectivity index is 1.56. The highest BCUT2D eigenvalue weighted by molar-refractivity contribution is 6.30. The van der Waals surface area contributed by atoms with Crippen molar-refractivity contribution in [3.05, 3.63) is 34.9 Å². The summed E-state index contributed by atoms with van der Waals surface area (Å²) in [6.07, 6.45) is 14.6. The molecule has 166 valence electrons. The molecule has 3 saturated carbocycles. The van der Waals surface area contributed by atoms with E-state index in [0.29, 0.717) is 24.3 Å². The van der Waals surface area contributed by atoms with E-state index in [9.17, 15) is 9.90 Å². The minimum absolute atomic E-state index is 0.291. The molecule has 0 saturated heterocycles. The summed E-state index contributed by atoms with van der Waals surface area (Å²) >= 11 is 6.19. The molecule has 30 heavy (non-hydrogen) atoms. The number of hydrogen-bond acceptors (Lipinski definition) is 2. The van der Waals surface area contributed by atoms with Gasteiger partial charge in [-0.1, -0.05) is 49.4 Å². The number of halogens is 1. The Bertz CT molecular complexity index is 661. The average Bonchev–Trinajstić information content (AvgIpc) is 3.42. The summed E-state index contributed by atoms with van der Waals surface area (Å²) in [6, 6.07) is 8.93. The second kappa shape index (κ2) is 10.5. The summed E-state index contributed by atoms with van der Waals surface area (Å²) in [6.45, 7) is 2.49. The van der Waals surface area contributed by atoms with Gasteiger partial charge in [-0.25, -0.2) is 0 Å². The molecule has 4 rings (SSSR count). The minimum atomic E-state index is -0.651. The lowest BCUT2D eigenvalue weighted by Crippen LogP contribution is -2.47. The predicted molar refractivity (Wildman–Crippen MR) is 123 cm³/mol. The third-order valence-electron chi connectivity index (χ3n) is 8.09. The molecule has 3 nitrogen and oxygen atoms in total. The molecular formula is C26H38ClNO2. The third kappa shape index (κ3) is 5.79. The first kappa shape index (κ1) is 22.1. The van der Waals surface area contributed by atoms with Crippen LogP contribution in [0, 0.1) is 17.8 Å². The van der Waals surface area contributed by atoms with Gasteiger partial charge >= 0.3 is 5.97 Å². The number of hydrogen-bond donors (Lipinski definition) is 1. The predicted octanol–water partition coefficient (Wildman–Crippen LogP) is 6.75. The maximum atomic E-state index is 11.4. The molecule has 3 atom stereocenters. The topological polar surface area (TPSA) is 40.5 Å². The van der Waals surface area contributed by atoms with Crippen molar-refractivity contribution in [3.63, 3.8) is 0 Å². The summed E-state index contributed by atoms with van der Waals surface area (Å²) < 4.78 is 0. The Morgan fingerprint density at radius 2 is 1.43 bits per heavy atom. The van der Waals surface area contributed by atoms with Crippen LogP contribution in [-0.2, 0) is 4.79 Å². The molecule has 0 aliphatic heterocycles. The summed E-state index contributed by atoms with van der Waals surface area (Å²) in [5.74, 6) is 1.77. The van der Waals surface area contributed by atoms with Gasteiger partial charge in [0.05, 0.1) is 0 Å². The van der Waals surface area contributed by atoms with E-state index >= 15 is 0 Å². The minimum Gasteiger partial charge on any atom is -0.481 e. The molecule has 1 aromatic carbocycles.